The number of carbonyl (C=O) groups is 1. The smallest absolute Gasteiger partial charge is 0.326 e. The molecule has 10 heteroatoms. The van der Waals surface area contributed by atoms with Crippen molar-refractivity contribution in [1.29, 1.82) is 0 Å². The highest BCUT2D eigenvalue weighted by atomic mass is 19.1. The predicted molar refractivity (Wildman–Crippen MR) is 118 cm³/mol. The average Bonchev–Trinajstić information content (AvgIpc) is 3.42. The van der Waals surface area contributed by atoms with Crippen molar-refractivity contribution < 1.29 is 13.6 Å². The lowest BCUT2D eigenvalue weighted by atomic mass is 10.1. The number of pyridine rings is 1. The number of carbonyl (C=O) groups excluding carboxylic acids is 1. The lowest BCUT2D eigenvalue weighted by Gasteiger charge is -2.23. The highest BCUT2D eigenvalue weighted by Crippen LogP contribution is 2.44. The van der Waals surface area contributed by atoms with E-state index in [1.54, 1.807) is 22.1 Å². The van der Waals surface area contributed by atoms with Crippen molar-refractivity contribution in [3.8, 4) is 11.1 Å². The molecule has 1 saturated heterocycles. The summed E-state index contributed by atoms with van der Waals surface area (Å²) in [6.07, 6.45) is 5.80. The van der Waals surface area contributed by atoms with E-state index in [1.807, 2.05) is 23.9 Å². The van der Waals surface area contributed by atoms with E-state index in [0.717, 1.165) is 46.8 Å². The number of anilines is 2. The number of halogens is 2. The third-order valence-corrected chi connectivity index (χ3v) is 6.34. The molecule has 0 bridgehead atoms. The van der Waals surface area contributed by atoms with Gasteiger partial charge in [-0.3, -0.25) is 4.90 Å². The maximum Gasteiger partial charge on any atom is 0.326 e. The number of nitrogen functional groups attached to an aromatic ring is 1. The minimum atomic E-state index is -0.529. The van der Waals surface area contributed by atoms with Crippen LogP contribution in [-0.4, -0.2) is 42.5 Å². The van der Waals surface area contributed by atoms with Gasteiger partial charge in [-0.25, -0.2) is 28.5 Å². The molecular weight excluding hydrogens is 428 g/mol. The van der Waals surface area contributed by atoms with Crippen LogP contribution in [0.1, 0.15) is 12.0 Å². The van der Waals surface area contributed by atoms with Crippen LogP contribution in [0.5, 0.6) is 0 Å². The lowest BCUT2D eigenvalue weighted by molar-refractivity contribution is 0.209. The fourth-order valence-corrected chi connectivity index (χ4v) is 4.65. The van der Waals surface area contributed by atoms with E-state index >= 15 is 0 Å². The van der Waals surface area contributed by atoms with Gasteiger partial charge in [-0.2, -0.15) is 0 Å². The Hall–Kier alpha value is -4.08. The molecule has 1 aliphatic carbocycles. The highest BCUT2D eigenvalue weighted by Gasteiger charge is 2.57. The molecule has 1 aliphatic heterocycles. The molecule has 1 saturated carbocycles. The quantitative estimate of drug-likeness (QED) is 0.517. The van der Waals surface area contributed by atoms with Crippen LogP contribution < -0.4 is 10.6 Å². The van der Waals surface area contributed by atoms with Crippen molar-refractivity contribution in [2.24, 2.45) is 7.05 Å². The van der Waals surface area contributed by atoms with Gasteiger partial charge in [0.15, 0.2) is 0 Å². The summed E-state index contributed by atoms with van der Waals surface area (Å²) in [5.74, 6) is -0.155. The Morgan fingerprint density at radius 2 is 1.97 bits per heavy atom. The van der Waals surface area contributed by atoms with E-state index in [4.69, 9.17) is 5.73 Å². The third kappa shape index (κ3) is 3.01. The summed E-state index contributed by atoms with van der Waals surface area (Å²) in [6, 6.07) is 6.64. The molecule has 3 aromatic heterocycles. The summed E-state index contributed by atoms with van der Waals surface area (Å²) in [6.45, 7) is 0.0213. The van der Waals surface area contributed by atoms with Gasteiger partial charge in [0, 0.05) is 36.1 Å². The predicted octanol–water partition coefficient (Wildman–Crippen LogP) is 3.47. The SMILES string of the molecule is Cn1cc(-c2ccc(N3C(=O)N(Cc4cc(F)ccc4F)C4CC43)nc2)c2c(N)ncnc21. The number of aromatic nitrogens is 4. The van der Waals surface area contributed by atoms with Crippen LogP contribution in [-0.2, 0) is 13.6 Å². The Labute approximate surface area is 187 Å². The molecule has 33 heavy (non-hydrogen) atoms. The molecule has 2 unspecified atom stereocenters. The number of nitrogens with zero attached hydrogens (tertiary/aromatic N) is 6. The molecule has 6 rings (SSSR count). The van der Waals surface area contributed by atoms with Crippen LogP contribution >= 0.6 is 0 Å². The van der Waals surface area contributed by atoms with Crippen molar-refractivity contribution in [1.82, 2.24) is 24.4 Å². The first-order valence-electron chi connectivity index (χ1n) is 10.5. The summed E-state index contributed by atoms with van der Waals surface area (Å²) in [4.78, 5) is 29.2. The number of benzene rings is 1. The van der Waals surface area contributed by atoms with E-state index in [2.05, 4.69) is 15.0 Å². The Morgan fingerprint density at radius 3 is 2.76 bits per heavy atom. The van der Waals surface area contributed by atoms with E-state index in [9.17, 15) is 13.6 Å². The number of aryl methyl sites for hydroxylation is 1. The summed E-state index contributed by atoms with van der Waals surface area (Å²) in [7, 11) is 1.88. The molecule has 2 aliphatic rings. The van der Waals surface area contributed by atoms with Crippen LogP contribution in [0, 0.1) is 11.6 Å². The topological polar surface area (TPSA) is 93.2 Å². The van der Waals surface area contributed by atoms with Crippen LogP contribution in [0.4, 0.5) is 25.2 Å². The number of rotatable bonds is 4. The van der Waals surface area contributed by atoms with Crippen LogP contribution in [0.25, 0.3) is 22.2 Å². The van der Waals surface area contributed by atoms with E-state index < -0.39 is 11.6 Å². The summed E-state index contributed by atoms with van der Waals surface area (Å²) in [5, 5.41) is 0.748. The van der Waals surface area contributed by atoms with Gasteiger partial charge in [0.25, 0.3) is 0 Å². The third-order valence-electron chi connectivity index (χ3n) is 6.34. The number of urea groups is 1. The van der Waals surface area contributed by atoms with Gasteiger partial charge in [0.1, 0.15) is 35.2 Å². The Morgan fingerprint density at radius 1 is 1.12 bits per heavy atom. The molecule has 2 fully saturated rings. The van der Waals surface area contributed by atoms with E-state index in [-0.39, 0.29) is 30.2 Å². The number of fused-ring (bicyclic) bond motifs is 2. The van der Waals surface area contributed by atoms with E-state index in [1.165, 1.54) is 6.33 Å². The van der Waals surface area contributed by atoms with Gasteiger partial charge < -0.3 is 15.2 Å². The fraction of sp³-hybridized carbons (Fsp3) is 0.217. The summed E-state index contributed by atoms with van der Waals surface area (Å²) in [5.41, 5.74) is 8.64. The number of nitrogens with two attached hydrogens (primary N) is 1. The maximum atomic E-state index is 14.1. The summed E-state index contributed by atoms with van der Waals surface area (Å²) >= 11 is 0. The first-order valence-corrected chi connectivity index (χ1v) is 10.5. The summed E-state index contributed by atoms with van der Waals surface area (Å²) < 4.78 is 29.5. The molecule has 2 atom stereocenters. The number of hydrogen-bond donors (Lipinski definition) is 1. The Bertz CT molecular complexity index is 1420. The Kier molecular flexibility index (Phi) is 4.13. The van der Waals surface area contributed by atoms with Crippen molar-refractivity contribution in [3.05, 3.63) is 66.3 Å². The van der Waals surface area contributed by atoms with Gasteiger partial charge in [0.05, 0.1) is 24.0 Å². The van der Waals surface area contributed by atoms with Crippen molar-refractivity contribution in [3.63, 3.8) is 0 Å². The monoisotopic (exact) mass is 447 g/mol. The highest BCUT2D eigenvalue weighted by molar-refractivity contribution is 6.01. The van der Waals surface area contributed by atoms with Crippen molar-refractivity contribution >= 4 is 28.7 Å². The molecule has 4 heterocycles. The molecule has 1 aromatic carbocycles. The largest absolute Gasteiger partial charge is 0.383 e. The number of amides is 2. The molecule has 166 valence electrons. The normalized spacial score (nSPS) is 19.4. The molecular formula is C23H19F2N7O. The maximum absolute atomic E-state index is 14.1. The van der Waals surface area contributed by atoms with Gasteiger partial charge in [0.2, 0.25) is 0 Å². The molecule has 2 amide bonds. The van der Waals surface area contributed by atoms with Crippen LogP contribution in [0.2, 0.25) is 0 Å². The second kappa shape index (κ2) is 6.96. The molecule has 8 nitrogen and oxygen atoms in total. The zero-order valence-corrected chi connectivity index (χ0v) is 17.6. The van der Waals surface area contributed by atoms with Gasteiger partial charge in [-0.05, 0) is 36.8 Å². The van der Waals surface area contributed by atoms with Crippen LogP contribution in [0.3, 0.4) is 0 Å². The molecule has 0 spiro atoms. The Balaban J connectivity index is 1.28. The minimum absolute atomic E-state index is 0.0194. The van der Waals surface area contributed by atoms with Gasteiger partial charge in [-0.15, -0.1) is 0 Å². The van der Waals surface area contributed by atoms with Gasteiger partial charge in [-0.1, -0.05) is 0 Å². The second-order valence-electron chi connectivity index (χ2n) is 8.40. The fourth-order valence-electron chi connectivity index (χ4n) is 4.65. The van der Waals surface area contributed by atoms with Crippen LogP contribution in [0.15, 0.2) is 49.1 Å². The number of hydrogen-bond acceptors (Lipinski definition) is 5. The molecule has 4 aromatic rings. The first kappa shape index (κ1) is 19.6. The average molecular weight is 447 g/mol. The second-order valence-corrected chi connectivity index (χ2v) is 8.40. The molecule has 0 radical (unpaired) electrons. The molecule has 2 N–H and O–H groups in total. The zero-order chi connectivity index (χ0) is 22.9. The van der Waals surface area contributed by atoms with Gasteiger partial charge >= 0.3 is 6.03 Å². The minimum Gasteiger partial charge on any atom is -0.383 e. The van der Waals surface area contributed by atoms with E-state index in [0.29, 0.717) is 11.6 Å². The standard InChI is InChI=1S/C23H19F2N7O/c1-30-10-15(20-21(26)28-11-29-22(20)30)12-2-5-19(27-8-12)32-18-7-17(18)31(23(32)33)9-13-6-14(24)3-4-16(13)25/h2-6,8,10-11,17-18H,7,9H2,1H3,(H2,26,28,29). The van der Waals surface area contributed by atoms with Crippen molar-refractivity contribution in [2.45, 2.75) is 25.0 Å². The lowest BCUT2D eigenvalue weighted by Crippen LogP contribution is -2.37. The first-order chi connectivity index (χ1) is 15.9. The van der Waals surface area contributed by atoms with Crippen molar-refractivity contribution in [2.75, 3.05) is 10.6 Å². The zero-order valence-electron chi connectivity index (χ0n) is 17.6.